The second-order valence-corrected chi connectivity index (χ2v) is 4.92. The van der Waals surface area contributed by atoms with Gasteiger partial charge < -0.3 is 0 Å². The summed E-state index contributed by atoms with van der Waals surface area (Å²) in [5.74, 6) is 0. The monoisotopic (exact) mass is 244 g/mol. The molecule has 0 atom stereocenters. The molecular formula is C18H14N+. The van der Waals surface area contributed by atoms with Crippen molar-refractivity contribution in [3.05, 3.63) is 78.5 Å². The van der Waals surface area contributed by atoms with Crippen molar-refractivity contribution in [2.45, 2.75) is 6.54 Å². The molecule has 1 nitrogen and oxygen atoms in total. The maximum absolute atomic E-state index is 2.32. The van der Waals surface area contributed by atoms with Crippen LogP contribution >= 0.6 is 0 Å². The van der Waals surface area contributed by atoms with Crippen LogP contribution in [-0.4, -0.2) is 0 Å². The second kappa shape index (κ2) is 4.06. The van der Waals surface area contributed by atoms with Crippen molar-refractivity contribution in [3.63, 3.8) is 0 Å². The number of pyridine rings is 1. The van der Waals surface area contributed by atoms with E-state index in [1.807, 2.05) is 0 Å². The average Bonchev–Trinajstić information content (AvgIpc) is 2.86. The molecule has 1 aliphatic rings. The third kappa shape index (κ3) is 1.59. The van der Waals surface area contributed by atoms with Gasteiger partial charge in [0.15, 0.2) is 12.7 Å². The van der Waals surface area contributed by atoms with Crippen molar-refractivity contribution in [2.75, 3.05) is 0 Å². The van der Waals surface area contributed by atoms with E-state index in [-0.39, 0.29) is 0 Å². The molecule has 90 valence electrons. The van der Waals surface area contributed by atoms with Gasteiger partial charge in [0.1, 0.15) is 0 Å². The Bertz CT molecular complexity index is 745. The molecule has 0 saturated carbocycles. The van der Waals surface area contributed by atoms with Gasteiger partial charge in [-0.15, -0.1) is 0 Å². The number of fused-ring (bicyclic) bond motifs is 3. The van der Waals surface area contributed by atoms with Gasteiger partial charge in [0.25, 0.3) is 0 Å². The standard InChI is InChI=1S/C18H14N/c1-2-7-14(8-3-1)16-10-6-9-15-13-19-12-5-4-11-17(19)18(15)16/h1-12H,13H2/q+1. The van der Waals surface area contributed by atoms with Gasteiger partial charge in [-0.2, -0.15) is 4.57 Å². The lowest BCUT2D eigenvalue weighted by atomic mass is 9.95. The smallest absolute Gasteiger partial charge is 0.194 e. The van der Waals surface area contributed by atoms with E-state index in [2.05, 4.69) is 77.5 Å². The van der Waals surface area contributed by atoms with Gasteiger partial charge in [-0.1, -0.05) is 48.5 Å². The largest absolute Gasteiger partial charge is 0.213 e. The third-order valence-corrected chi connectivity index (χ3v) is 3.77. The third-order valence-electron chi connectivity index (χ3n) is 3.77. The van der Waals surface area contributed by atoms with Crippen LogP contribution in [0.4, 0.5) is 0 Å². The van der Waals surface area contributed by atoms with Gasteiger partial charge in [0, 0.05) is 17.7 Å². The van der Waals surface area contributed by atoms with Crippen molar-refractivity contribution >= 4 is 0 Å². The zero-order valence-corrected chi connectivity index (χ0v) is 10.6. The van der Waals surface area contributed by atoms with Crippen molar-refractivity contribution in [1.82, 2.24) is 0 Å². The molecule has 3 aromatic rings. The van der Waals surface area contributed by atoms with E-state index in [1.165, 1.54) is 27.9 Å². The highest BCUT2D eigenvalue weighted by Gasteiger charge is 2.27. The molecule has 1 aromatic heterocycles. The van der Waals surface area contributed by atoms with Crippen LogP contribution in [0.3, 0.4) is 0 Å². The molecule has 4 rings (SSSR count). The Morgan fingerprint density at radius 3 is 2.47 bits per heavy atom. The van der Waals surface area contributed by atoms with Gasteiger partial charge in [-0.05, 0) is 17.2 Å². The Labute approximate surface area is 112 Å². The molecule has 0 fully saturated rings. The molecule has 0 amide bonds. The Kier molecular flexibility index (Phi) is 2.25. The first-order valence-corrected chi connectivity index (χ1v) is 6.59. The molecule has 2 heterocycles. The lowest BCUT2D eigenvalue weighted by molar-refractivity contribution is -0.672. The van der Waals surface area contributed by atoms with E-state index in [1.54, 1.807) is 0 Å². The van der Waals surface area contributed by atoms with Gasteiger partial charge in [-0.25, -0.2) is 0 Å². The summed E-state index contributed by atoms with van der Waals surface area (Å²) in [6.45, 7) is 0.978. The van der Waals surface area contributed by atoms with Gasteiger partial charge in [0.2, 0.25) is 5.69 Å². The molecule has 0 aliphatic carbocycles. The molecule has 0 unspecified atom stereocenters. The van der Waals surface area contributed by atoms with Crippen LogP contribution in [0.1, 0.15) is 5.56 Å². The summed E-state index contributed by atoms with van der Waals surface area (Å²) >= 11 is 0. The molecule has 1 aliphatic heterocycles. The van der Waals surface area contributed by atoms with Gasteiger partial charge >= 0.3 is 0 Å². The minimum Gasteiger partial charge on any atom is -0.194 e. The van der Waals surface area contributed by atoms with E-state index in [0.717, 1.165) is 6.54 Å². The summed E-state index contributed by atoms with van der Waals surface area (Å²) in [5.41, 5.74) is 6.73. The molecule has 0 saturated heterocycles. The van der Waals surface area contributed by atoms with Crippen LogP contribution in [0.2, 0.25) is 0 Å². The van der Waals surface area contributed by atoms with Gasteiger partial charge in [0.05, 0.1) is 5.56 Å². The highest BCUT2D eigenvalue weighted by molar-refractivity contribution is 5.84. The number of nitrogens with zero attached hydrogens (tertiary/aromatic N) is 1. The fraction of sp³-hybridized carbons (Fsp3) is 0.0556. The summed E-state index contributed by atoms with van der Waals surface area (Å²) < 4.78 is 2.32. The van der Waals surface area contributed by atoms with Crippen LogP contribution < -0.4 is 4.57 Å². The predicted octanol–water partition coefficient (Wildman–Crippen LogP) is 3.67. The lowest BCUT2D eigenvalue weighted by Gasteiger charge is -2.05. The molecule has 1 heteroatoms. The average molecular weight is 244 g/mol. The topological polar surface area (TPSA) is 3.88 Å². The number of rotatable bonds is 1. The highest BCUT2D eigenvalue weighted by atomic mass is 15.0. The maximum atomic E-state index is 2.32. The van der Waals surface area contributed by atoms with E-state index >= 15 is 0 Å². The van der Waals surface area contributed by atoms with Crippen molar-refractivity contribution in [1.29, 1.82) is 0 Å². The van der Waals surface area contributed by atoms with Crippen LogP contribution in [0.5, 0.6) is 0 Å². The summed E-state index contributed by atoms with van der Waals surface area (Å²) in [6, 6.07) is 23.7. The zero-order valence-electron chi connectivity index (χ0n) is 10.6. The first-order valence-electron chi connectivity index (χ1n) is 6.59. The second-order valence-electron chi connectivity index (χ2n) is 4.92. The lowest BCUT2D eigenvalue weighted by Crippen LogP contribution is -2.31. The van der Waals surface area contributed by atoms with Crippen LogP contribution in [-0.2, 0) is 6.54 Å². The molecular weight excluding hydrogens is 230 g/mol. The molecule has 0 spiro atoms. The van der Waals surface area contributed by atoms with Crippen molar-refractivity contribution < 1.29 is 4.57 Å². The maximum Gasteiger partial charge on any atom is 0.213 e. The van der Waals surface area contributed by atoms with Crippen LogP contribution in [0.25, 0.3) is 22.4 Å². The Morgan fingerprint density at radius 1 is 0.737 bits per heavy atom. The first kappa shape index (κ1) is 10.5. The summed E-state index contributed by atoms with van der Waals surface area (Å²) in [4.78, 5) is 0. The van der Waals surface area contributed by atoms with Crippen LogP contribution in [0.15, 0.2) is 72.9 Å². The molecule has 0 radical (unpaired) electrons. The summed E-state index contributed by atoms with van der Waals surface area (Å²) in [5, 5.41) is 0. The van der Waals surface area contributed by atoms with Crippen molar-refractivity contribution in [2.24, 2.45) is 0 Å². The van der Waals surface area contributed by atoms with E-state index in [4.69, 9.17) is 0 Å². The fourth-order valence-electron chi connectivity index (χ4n) is 2.92. The summed E-state index contributed by atoms with van der Waals surface area (Å²) in [7, 11) is 0. The number of benzene rings is 2. The molecule has 0 bridgehead atoms. The minimum absolute atomic E-state index is 0.978. The number of hydrogen-bond donors (Lipinski definition) is 0. The fourth-order valence-corrected chi connectivity index (χ4v) is 2.92. The SMILES string of the molecule is c1ccc(-c2cccc3c2-c2cccc[n+]2C3)cc1. The molecule has 2 aromatic carbocycles. The first-order chi connectivity index (χ1) is 9.43. The zero-order chi connectivity index (χ0) is 12.7. The normalized spacial score (nSPS) is 12.0. The van der Waals surface area contributed by atoms with E-state index in [0.29, 0.717) is 0 Å². The van der Waals surface area contributed by atoms with Gasteiger partial charge in [-0.3, -0.25) is 0 Å². The minimum atomic E-state index is 0.978. The molecule has 19 heavy (non-hydrogen) atoms. The Morgan fingerprint density at radius 2 is 1.58 bits per heavy atom. The highest BCUT2D eigenvalue weighted by Crippen LogP contribution is 2.36. The van der Waals surface area contributed by atoms with E-state index in [9.17, 15) is 0 Å². The Balaban J connectivity index is 2.01. The quantitative estimate of drug-likeness (QED) is 0.450. The summed E-state index contributed by atoms with van der Waals surface area (Å²) in [6.07, 6.45) is 2.16. The van der Waals surface area contributed by atoms with Crippen LogP contribution in [0, 0.1) is 0 Å². The predicted molar refractivity (Wildman–Crippen MR) is 76.6 cm³/mol. The van der Waals surface area contributed by atoms with E-state index < -0.39 is 0 Å². The number of hydrogen-bond acceptors (Lipinski definition) is 0. The number of aromatic nitrogens is 1. The Hall–Kier alpha value is -2.41. The van der Waals surface area contributed by atoms with Crippen molar-refractivity contribution in [3.8, 4) is 22.4 Å². The molecule has 0 N–H and O–H groups in total.